The number of nitrogens with zero attached hydrogens (tertiary/aromatic N) is 3. The molecule has 0 bridgehead atoms. The molecule has 1 aromatic heterocycles. The number of hydrogen-bond donors (Lipinski definition) is 2. The summed E-state index contributed by atoms with van der Waals surface area (Å²) in [6, 6.07) is 21.0. The summed E-state index contributed by atoms with van der Waals surface area (Å²) in [6.45, 7) is 2.41. The number of likely N-dealkylation sites (tertiary alicyclic amines) is 1. The Labute approximate surface area is 257 Å². The fourth-order valence-corrected chi connectivity index (χ4v) is 6.07. The van der Waals surface area contributed by atoms with Crippen LogP contribution in [0.4, 0.5) is 18.9 Å². The van der Waals surface area contributed by atoms with E-state index in [1.807, 2.05) is 48.5 Å². The molecule has 2 aliphatic heterocycles. The quantitative estimate of drug-likeness (QED) is 0.282. The zero-order valence-electron chi connectivity index (χ0n) is 24.5. The molecule has 5 unspecified atom stereocenters. The van der Waals surface area contributed by atoms with Crippen molar-refractivity contribution in [1.82, 2.24) is 14.5 Å². The molecule has 0 aliphatic carbocycles. The molecule has 2 N–H and O–H groups in total. The maximum absolute atomic E-state index is 13.0. The largest absolute Gasteiger partial charge is 0.471 e. The first-order chi connectivity index (χ1) is 21.6. The highest BCUT2D eigenvalue weighted by Crippen LogP contribution is 2.42. The molecule has 2 aliphatic rings. The van der Waals surface area contributed by atoms with Crippen LogP contribution in [-0.2, 0) is 32.2 Å². The summed E-state index contributed by atoms with van der Waals surface area (Å²) in [5.74, 6) is -2.74. The standard InChI is InChI=1S/C33H33F3N4O5/c1-20-28(17-39-19-37-25-5-2-3-6-26(25)39)44-31(45-29(20)22-10-8-21(18-41)9-11-22)23-12-14-24(15-13-23)38-30(42)27-7-4-16-40(27)32(43)33(34,35)36/h2-3,5-6,8-15,19-20,27-29,31,41H,4,7,16-18H2,1H3,(H,38,42). The van der Waals surface area contributed by atoms with Crippen molar-refractivity contribution in [1.29, 1.82) is 0 Å². The topological polar surface area (TPSA) is 106 Å². The number of anilines is 1. The molecule has 2 saturated heterocycles. The number of benzene rings is 3. The first kappa shape index (κ1) is 30.8. The van der Waals surface area contributed by atoms with Crippen molar-refractivity contribution in [3.63, 3.8) is 0 Å². The van der Waals surface area contributed by atoms with E-state index in [9.17, 15) is 27.9 Å². The van der Waals surface area contributed by atoms with Crippen LogP contribution in [0, 0.1) is 5.92 Å². The van der Waals surface area contributed by atoms with Crippen molar-refractivity contribution in [3.8, 4) is 0 Å². The van der Waals surface area contributed by atoms with Gasteiger partial charge in [0.25, 0.3) is 0 Å². The van der Waals surface area contributed by atoms with E-state index in [2.05, 4.69) is 21.8 Å². The normalized spacial score (nSPS) is 23.8. The second kappa shape index (κ2) is 12.6. The molecule has 2 fully saturated rings. The highest BCUT2D eigenvalue weighted by molar-refractivity contribution is 5.98. The van der Waals surface area contributed by atoms with Crippen molar-refractivity contribution >= 4 is 28.5 Å². The lowest BCUT2D eigenvalue weighted by Gasteiger charge is -2.41. The number of amides is 2. The number of para-hydroxylation sites is 2. The number of hydrogen-bond acceptors (Lipinski definition) is 6. The molecular weight excluding hydrogens is 589 g/mol. The maximum Gasteiger partial charge on any atom is 0.471 e. The number of halogens is 3. The number of ether oxygens (including phenoxy) is 2. The number of aliphatic hydroxyl groups is 1. The molecule has 0 radical (unpaired) electrons. The van der Waals surface area contributed by atoms with E-state index in [-0.39, 0.29) is 37.7 Å². The predicted molar refractivity (Wildman–Crippen MR) is 159 cm³/mol. The highest BCUT2D eigenvalue weighted by Gasteiger charge is 2.47. The van der Waals surface area contributed by atoms with Crippen molar-refractivity contribution < 1.29 is 37.3 Å². The van der Waals surface area contributed by atoms with Gasteiger partial charge in [0.05, 0.1) is 42.7 Å². The van der Waals surface area contributed by atoms with Crippen LogP contribution >= 0.6 is 0 Å². The van der Waals surface area contributed by atoms with E-state index in [0.717, 1.165) is 22.2 Å². The summed E-state index contributed by atoms with van der Waals surface area (Å²) < 4.78 is 54.2. The van der Waals surface area contributed by atoms with Crippen molar-refractivity contribution in [2.45, 2.75) is 63.6 Å². The summed E-state index contributed by atoms with van der Waals surface area (Å²) >= 11 is 0. The fraction of sp³-hybridized carbons (Fsp3) is 0.364. The highest BCUT2D eigenvalue weighted by atomic mass is 19.4. The third-order valence-electron chi connectivity index (χ3n) is 8.54. The van der Waals surface area contributed by atoms with Gasteiger partial charge in [-0.25, -0.2) is 4.98 Å². The number of carbonyl (C=O) groups is 2. The summed E-state index contributed by atoms with van der Waals surface area (Å²) in [7, 11) is 0. The molecule has 4 aromatic rings. The molecule has 45 heavy (non-hydrogen) atoms. The Balaban J connectivity index is 1.21. The van der Waals surface area contributed by atoms with Gasteiger partial charge in [-0.1, -0.05) is 55.5 Å². The number of imidazole rings is 1. The van der Waals surface area contributed by atoms with E-state index in [4.69, 9.17) is 9.47 Å². The van der Waals surface area contributed by atoms with E-state index >= 15 is 0 Å². The SMILES string of the molecule is CC1C(Cn2cnc3ccccc32)OC(c2ccc(NC(=O)C3CCCN3C(=O)C(F)(F)F)cc2)OC1c1ccc(CO)cc1. The van der Waals surface area contributed by atoms with Gasteiger partial charge in [-0.3, -0.25) is 9.59 Å². The number of aromatic nitrogens is 2. The minimum atomic E-state index is -5.04. The number of aliphatic hydroxyl groups excluding tert-OH is 1. The Morgan fingerprint density at radius 1 is 1.00 bits per heavy atom. The molecule has 3 aromatic carbocycles. The van der Waals surface area contributed by atoms with Gasteiger partial charge in [-0.05, 0) is 48.2 Å². The van der Waals surface area contributed by atoms with Crippen LogP contribution in [0.15, 0.2) is 79.1 Å². The van der Waals surface area contributed by atoms with E-state index in [1.54, 1.807) is 30.6 Å². The first-order valence-corrected chi connectivity index (χ1v) is 14.8. The van der Waals surface area contributed by atoms with Gasteiger partial charge >= 0.3 is 12.1 Å². The van der Waals surface area contributed by atoms with Crippen molar-refractivity contribution in [2.24, 2.45) is 5.92 Å². The lowest BCUT2D eigenvalue weighted by atomic mass is 9.90. The van der Waals surface area contributed by atoms with E-state index in [1.165, 1.54) is 0 Å². The van der Waals surface area contributed by atoms with Gasteiger partial charge in [0.15, 0.2) is 6.29 Å². The average molecular weight is 623 g/mol. The molecule has 9 nitrogen and oxygen atoms in total. The van der Waals surface area contributed by atoms with Crippen molar-refractivity contribution in [2.75, 3.05) is 11.9 Å². The van der Waals surface area contributed by atoms with Crippen LogP contribution < -0.4 is 5.32 Å². The minimum absolute atomic E-state index is 0.0604. The van der Waals surface area contributed by atoms with Gasteiger partial charge in [-0.15, -0.1) is 0 Å². The molecule has 5 atom stereocenters. The fourth-order valence-electron chi connectivity index (χ4n) is 6.07. The molecule has 12 heteroatoms. The summed E-state index contributed by atoms with van der Waals surface area (Å²) in [4.78, 5) is 29.8. The monoisotopic (exact) mass is 622 g/mol. The summed E-state index contributed by atoms with van der Waals surface area (Å²) in [5.41, 5.74) is 4.65. The lowest BCUT2D eigenvalue weighted by molar-refractivity contribution is -0.276. The second-order valence-corrected chi connectivity index (χ2v) is 11.5. The van der Waals surface area contributed by atoms with Gasteiger partial charge in [0.2, 0.25) is 5.91 Å². The average Bonchev–Trinajstić information content (AvgIpc) is 3.69. The number of nitrogens with one attached hydrogen (secondary N) is 1. The van der Waals surface area contributed by atoms with Gasteiger partial charge in [0, 0.05) is 23.7 Å². The van der Waals surface area contributed by atoms with Crippen LogP contribution in [-0.4, -0.2) is 56.2 Å². The zero-order chi connectivity index (χ0) is 31.7. The third-order valence-corrected chi connectivity index (χ3v) is 8.54. The Hall–Kier alpha value is -4.26. The Bertz CT molecular complexity index is 1660. The predicted octanol–water partition coefficient (Wildman–Crippen LogP) is 5.51. The molecule has 3 heterocycles. The summed E-state index contributed by atoms with van der Waals surface area (Å²) in [5, 5.41) is 12.2. The molecule has 2 amide bonds. The van der Waals surface area contributed by atoms with Gasteiger partial charge in [-0.2, -0.15) is 13.2 Å². The number of alkyl halides is 3. The smallest absolute Gasteiger partial charge is 0.392 e. The van der Waals surface area contributed by atoms with E-state index in [0.29, 0.717) is 29.1 Å². The van der Waals surface area contributed by atoms with Crippen LogP contribution in [0.1, 0.15) is 48.8 Å². The first-order valence-electron chi connectivity index (χ1n) is 14.8. The van der Waals surface area contributed by atoms with Crippen LogP contribution in [0.2, 0.25) is 0 Å². The van der Waals surface area contributed by atoms with Crippen LogP contribution in [0.5, 0.6) is 0 Å². The molecular formula is C33H33F3N4O5. The number of rotatable bonds is 7. The Morgan fingerprint density at radius 2 is 1.71 bits per heavy atom. The lowest BCUT2D eigenvalue weighted by Crippen LogP contribution is -2.48. The maximum atomic E-state index is 13.0. The Morgan fingerprint density at radius 3 is 2.42 bits per heavy atom. The van der Waals surface area contributed by atoms with Gasteiger partial charge < -0.3 is 29.4 Å². The van der Waals surface area contributed by atoms with Crippen LogP contribution in [0.25, 0.3) is 11.0 Å². The summed E-state index contributed by atoms with van der Waals surface area (Å²) in [6.07, 6.45) is -4.15. The zero-order valence-corrected chi connectivity index (χ0v) is 24.5. The Kier molecular flexibility index (Phi) is 8.63. The van der Waals surface area contributed by atoms with Crippen molar-refractivity contribution in [3.05, 3.63) is 95.8 Å². The van der Waals surface area contributed by atoms with E-state index < -0.39 is 30.3 Å². The number of fused-ring (bicyclic) bond motifs is 1. The van der Waals surface area contributed by atoms with Gasteiger partial charge in [0.1, 0.15) is 6.04 Å². The van der Waals surface area contributed by atoms with Crippen LogP contribution in [0.3, 0.4) is 0 Å². The molecule has 0 saturated carbocycles. The molecule has 0 spiro atoms. The molecule has 236 valence electrons. The number of carbonyl (C=O) groups excluding carboxylic acids is 2. The molecule has 6 rings (SSSR count). The second-order valence-electron chi connectivity index (χ2n) is 11.5. The third kappa shape index (κ3) is 6.44. The minimum Gasteiger partial charge on any atom is -0.392 e.